The molecule has 0 spiro atoms. The first kappa shape index (κ1) is 30.5. The van der Waals surface area contributed by atoms with Crippen LogP contribution in [0.5, 0.6) is 0 Å². The van der Waals surface area contributed by atoms with E-state index in [1.54, 1.807) is 22.7 Å². The van der Waals surface area contributed by atoms with Crippen LogP contribution in [0.3, 0.4) is 0 Å². The van der Waals surface area contributed by atoms with Gasteiger partial charge in [0.15, 0.2) is 17.5 Å². The SMILES string of the molecule is c1ccc(-c2ccc(-c3nc(-c4cccc(-c5ccccc5)c4)nc(-c4cccc5sc6cccc(-c7nc8ccccc8s7)c6c45)n3)cc2)cc1. The van der Waals surface area contributed by atoms with Gasteiger partial charge in [0.25, 0.3) is 0 Å². The van der Waals surface area contributed by atoms with Gasteiger partial charge in [0, 0.05) is 42.4 Å². The van der Waals surface area contributed by atoms with Gasteiger partial charge in [-0.3, -0.25) is 0 Å². The van der Waals surface area contributed by atoms with Crippen molar-refractivity contribution in [2.75, 3.05) is 0 Å². The minimum absolute atomic E-state index is 0.632. The van der Waals surface area contributed by atoms with Gasteiger partial charge in [0.2, 0.25) is 0 Å². The number of aromatic nitrogens is 4. The van der Waals surface area contributed by atoms with E-state index in [1.807, 2.05) is 18.2 Å². The summed E-state index contributed by atoms with van der Waals surface area (Å²) in [6, 6.07) is 59.1. The van der Waals surface area contributed by atoms with Crippen LogP contribution in [0.15, 0.2) is 170 Å². The number of hydrogen-bond acceptors (Lipinski definition) is 6. The summed E-state index contributed by atoms with van der Waals surface area (Å²) in [5.41, 5.74) is 9.55. The Kier molecular flexibility index (Phi) is 7.48. The van der Waals surface area contributed by atoms with E-state index in [4.69, 9.17) is 19.9 Å². The Morgan fingerprint density at radius 2 is 0.808 bits per heavy atom. The van der Waals surface area contributed by atoms with Crippen molar-refractivity contribution in [1.82, 2.24) is 19.9 Å². The van der Waals surface area contributed by atoms with Crippen molar-refractivity contribution < 1.29 is 0 Å². The van der Waals surface area contributed by atoms with Gasteiger partial charge in [-0.05, 0) is 52.6 Å². The van der Waals surface area contributed by atoms with Crippen LogP contribution < -0.4 is 0 Å². The zero-order chi connectivity index (χ0) is 34.4. The molecule has 3 aromatic heterocycles. The molecule has 0 fully saturated rings. The second-order valence-electron chi connectivity index (χ2n) is 12.6. The molecule has 0 radical (unpaired) electrons. The van der Waals surface area contributed by atoms with Crippen LogP contribution in [0.2, 0.25) is 0 Å². The number of para-hydroxylation sites is 1. The van der Waals surface area contributed by atoms with E-state index < -0.39 is 0 Å². The number of thiazole rings is 1. The van der Waals surface area contributed by atoms with Crippen LogP contribution in [0, 0.1) is 0 Å². The third kappa shape index (κ3) is 5.46. The quantitative estimate of drug-likeness (QED) is 0.173. The topological polar surface area (TPSA) is 51.6 Å². The molecule has 0 saturated carbocycles. The molecule has 0 amide bonds. The first-order valence-corrected chi connectivity index (χ1v) is 18.8. The number of fused-ring (bicyclic) bond motifs is 4. The van der Waals surface area contributed by atoms with E-state index in [2.05, 4.69) is 152 Å². The Bertz CT molecular complexity index is 2860. The van der Waals surface area contributed by atoms with E-state index in [-0.39, 0.29) is 0 Å². The second kappa shape index (κ2) is 12.8. The average Bonchev–Trinajstić information content (AvgIpc) is 3.84. The molecule has 3 heterocycles. The summed E-state index contributed by atoms with van der Waals surface area (Å²) in [5.74, 6) is 1.90. The molecule has 4 nitrogen and oxygen atoms in total. The Labute approximate surface area is 308 Å². The number of hydrogen-bond donors (Lipinski definition) is 0. The molecular weight excluding hydrogens is 673 g/mol. The summed E-state index contributed by atoms with van der Waals surface area (Å²) >= 11 is 3.52. The minimum atomic E-state index is 0.632. The summed E-state index contributed by atoms with van der Waals surface area (Å²) in [7, 11) is 0. The highest BCUT2D eigenvalue weighted by atomic mass is 32.1. The average molecular weight is 701 g/mol. The molecule has 0 unspecified atom stereocenters. The summed E-state index contributed by atoms with van der Waals surface area (Å²) < 4.78 is 3.57. The lowest BCUT2D eigenvalue weighted by molar-refractivity contribution is 1.08. The fourth-order valence-electron chi connectivity index (χ4n) is 6.88. The first-order chi connectivity index (χ1) is 25.7. The maximum absolute atomic E-state index is 5.24. The molecule has 0 bridgehead atoms. The smallest absolute Gasteiger partial charge is 0.164 e. The number of benzene rings is 7. The van der Waals surface area contributed by atoms with Crippen molar-refractivity contribution in [3.63, 3.8) is 0 Å². The zero-order valence-electron chi connectivity index (χ0n) is 27.8. The molecule has 0 aliphatic heterocycles. The lowest BCUT2D eigenvalue weighted by Gasteiger charge is -2.11. The largest absolute Gasteiger partial charge is 0.236 e. The van der Waals surface area contributed by atoms with Gasteiger partial charge in [-0.1, -0.05) is 140 Å². The predicted octanol–water partition coefficient (Wildman–Crippen LogP) is 12.9. The van der Waals surface area contributed by atoms with Crippen LogP contribution in [-0.2, 0) is 0 Å². The molecular formula is C46H28N4S2. The van der Waals surface area contributed by atoms with Crippen molar-refractivity contribution in [3.05, 3.63) is 170 Å². The van der Waals surface area contributed by atoms with Gasteiger partial charge < -0.3 is 0 Å². The monoisotopic (exact) mass is 700 g/mol. The molecule has 6 heteroatoms. The van der Waals surface area contributed by atoms with Crippen molar-refractivity contribution in [3.8, 4) is 67.0 Å². The Hall–Kier alpha value is -6.34. The number of rotatable bonds is 6. The van der Waals surface area contributed by atoms with E-state index in [0.717, 1.165) is 54.9 Å². The highest BCUT2D eigenvalue weighted by Gasteiger charge is 2.20. The molecule has 7 aromatic carbocycles. The maximum Gasteiger partial charge on any atom is 0.164 e. The van der Waals surface area contributed by atoms with Crippen LogP contribution in [0.25, 0.3) is 97.4 Å². The summed E-state index contributed by atoms with van der Waals surface area (Å²) in [5, 5.41) is 3.33. The molecule has 0 saturated heterocycles. The Morgan fingerprint density at radius 1 is 0.308 bits per heavy atom. The Balaban J connectivity index is 1.19. The maximum atomic E-state index is 5.24. The first-order valence-electron chi connectivity index (χ1n) is 17.1. The van der Waals surface area contributed by atoms with Gasteiger partial charge in [-0.25, -0.2) is 19.9 Å². The standard InChI is InChI=1S/C46H28N4S2/c1-3-12-29(13-4-1)31-24-26-32(27-25-31)43-48-44(34-17-9-16-33(28-34)30-14-5-2-6-15-30)50-45(49-43)35-18-10-22-39-41(35)42-36(19-11-23-40(42)51-39)46-47-37-20-7-8-21-38(37)52-46/h1-28H. The van der Waals surface area contributed by atoms with Gasteiger partial charge >= 0.3 is 0 Å². The third-order valence-electron chi connectivity index (χ3n) is 9.40. The fraction of sp³-hybridized carbons (Fsp3) is 0. The van der Waals surface area contributed by atoms with E-state index >= 15 is 0 Å². The van der Waals surface area contributed by atoms with E-state index in [1.165, 1.54) is 25.0 Å². The third-order valence-corrected chi connectivity index (χ3v) is 11.6. The van der Waals surface area contributed by atoms with Crippen molar-refractivity contribution >= 4 is 53.1 Å². The van der Waals surface area contributed by atoms with Crippen molar-refractivity contribution in [2.24, 2.45) is 0 Å². The lowest BCUT2D eigenvalue weighted by Crippen LogP contribution is -2.00. The summed E-state index contributed by atoms with van der Waals surface area (Å²) in [6.45, 7) is 0. The molecule has 0 N–H and O–H groups in total. The predicted molar refractivity (Wildman–Crippen MR) is 219 cm³/mol. The van der Waals surface area contributed by atoms with Gasteiger partial charge in [-0.15, -0.1) is 22.7 Å². The van der Waals surface area contributed by atoms with Crippen LogP contribution >= 0.6 is 22.7 Å². The van der Waals surface area contributed by atoms with Crippen LogP contribution in [-0.4, -0.2) is 19.9 Å². The number of thiophene rings is 1. The van der Waals surface area contributed by atoms with Crippen molar-refractivity contribution in [1.29, 1.82) is 0 Å². The summed E-state index contributed by atoms with van der Waals surface area (Å²) in [4.78, 5) is 20.7. The zero-order valence-corrected chi connectivity index (χ0v) is 29.4. The Morgan fingerprint density at radius 3 is 1.54 bits per heavy atom. The van der Waals surface area contributed by atoms with E-state index in [0.29, 0.717) is 17.5 Å². The lowest BCUT2D eigenvalue weighted by atomic mass is 10.0. The number of nitrogens with zero attached hydrogens (tertiary/aromatic N) is 4. The second-order valence-corrected chi connectivity index (χ2v) is 14.8. The van der Waals surface area contributed by atoms with Crippen molar-refractivity contribution in [2.45, 2.75) is 0 Å². The molecule has 10 rings (SSSR count). The van der Waals surface area contributed by atoms with E-state index in [9.17, 15) is 0 Å². The molecule has 0 aliphatic carbocycles. The molecule has 52 heavy (non-hydrogen) atoms. The highest BCUT2D eigenvalue weighted by molar-refractivity contribution is 7.26. The molecule has 0 aliphatic rings. The van der Waals surface area contributed by atoms with Gasteiger partial charge in [-0.2, -0.15) is 0 Å². The van der Waals surface area contributed by atoms with Crippen LogP contribution in [0.4, 0.5) is 0 Å². The molecule has 10 aromatic rings. The molecule has 244 valence electrons. The minimum Gasteiger partial charge on any atom is -0.236 e. The fourth-order valence-corrected chi connectivity index (χ4v) is 9.04. The normalized spacial score (nSPS) is 11.5. The summed E-state index contributed by atoms with van der Waals surface area (Å²) in [6.07, 6.45) is 0. The highest BCUT2D eigenvalue weighted by Crippen LogP contribution is 2.45. The van der Waals surface area contributed by atoms with Gasteiger partial charge in [0.1, 0.15) is 5.01 Å². The van der Waals surface area contributed by atoms with Gasteiger partial charge in [0.05, 0.1) is 10.2 Å². The van der Waals surface area contributed by atoms with Crippen LogP contribution in [0.1, 0.15) is 0 Å². The molecule has 0 atom stereocenters.